The van der Waals surface area contributed by atoms with Gasteiger partial charge in [-0.25, -0.2) is 8.42 Å². The number of aromatic nitrogens is 1. The molecule has 7 heteroatoms. The maximum atomic E-state index is 12.7. The van der Waals surface area contributed by atoms with Gasteiger partial charge in [0.2, 0.25) is 0 Å². The number of aromatic carboxylic acids is 1. The summed E-state index contributed by atoms with van der Waals surface area (Å²) in [5.41, 5.74) is 2.16. The third-order valence-electron chi connectivity index (χ3n) is 3.99. The van der Waals surface area contributed by atoms with Crippen molar-refractivity contribution in [2.24, 2.45) is 0 Å². The van der Waals surface area contributed by atoms with Crippen LogP contribution in [0.2, 0.25) is 0 Å². The van der Waals surface area contributed by atoms with Gasteiger partial charge in [-0.3, -0.25) is 9.71 Å². The van der Waals surface area contributed by atoms with Gasteiger partial charge in [0, 0.05) is 11.9 Å². The molecule has 1 N–H and O–H groups in total. The van der Waals surface area contributed by atoms with Crippen LogP contribution in [0.25, 0.3) is 12.2 Å². The van der Waals surface area contributed by atoms with Gasteiger partial charge in [-0.05, 0) is 60.0 Å². The van der Waals surface area contributed by atoms with Gasteiger partial charge >= 0.3 is 0 Å². The highest BCUT2D eigenvalue weighted by molar-refractivity contribution is 7.92. The monoisotopic (exact) mass is 393 g/mol. The van der Waals surface area contributed by atoms with Gasteiger partial charge in [-0.1, -0.05) is 36.4 Å². The van der Waals surface area contributed by atoms with Crippen molar-refractivity contribution >= 4 is 33.8 Å². The smallest absolute Gasteiger partial charge is 0.262 e. The molecule has 28 heavy (non-hydrogen) atoms. The molecule has 0 saturated heterocycles. The molecule has 1 heterocycles. The Bertz CT molecular complexity index is 1140. The molecular weight excluding hydrogens is 376 g/mol. The minimum absolute atomic E-state index is 0.108. The third kappa shape index (κ3) is 4.63. The summed E-state index contributed by atoms with van der Waals surface area (Å²) >= 11 is 0. The molecular formula is C21H17N2O4S-. The zero-order valence-corrected chi connectivity index (χ0v) is 15.8. The van der Waals surface area contributed by atoms with Crippen LogP contribution in [0.3, 0.4) is 0 Å². The highest BCUT2D eigenvalue weighted by Gasteiger charge is 2.18. The van der Waals surface area contributed by atoms with E-state index in [1.54, 1.807) is 31.3 Å². The van der Waals surface area contributed by atoms with Crippen molar-refractivity contribution in [3.63, 3.8) is 0 Å². The first kappa shape index (κ1) is 19.3. The van der Waals surface area contributed by atoms with E-state index in [2.05, 4.69) is 9.71 Å². The number of benzene rings is 2. The highest BCUT2D eigenvalue weighted by atomic mass is 32.2. The molecule has 0 aliphatic rings. The van der Waals surface area contributed by atoms with Crippen LogP contribution in [0.5, 0.6) is 0 Å². The molecule has 0 aliphatic carbocycles. The molecule has 3 rings (SSSR count). The lowest BCUT2D eigenvalue weighted by Crippen LogP contribution is -2.23. The lowest BCUT2D eigenvalue weighted by atomic mass is 10.1. The van der Waals surface area contributed by atoms with Crippen LogP contribution in [0, 0.1) is 6.92 Å². The summed E-state index contributed by atoms with van der Waals surface area (Å²) in [5, 5.41) is 11.0. The quantitative estimate of drug-likeness (QED) is 0.694. The van der Waals surface area contributed by atoms with Crippen molar-refractivity contribution in [1.29, 1.82) is 0 Å². The summed E-state index contributed by atoms with van der Waals surface area (Å²) < 4.78 is 28.0. The van der Waals surface area contributed by atoms with E-state index in [-0.39, 0.29) is 10.5 Å². The molecule has 0 aliphatic heterocycles. The van der Waals surface area contributed by atoms with Crippen LogP contribution in [0.1, 0.15) is 27.2 Å². The number of anilines is 1. The van der Waals surface area contributed by atoms with Crippen LogP contribution in [0.4, 0.5) is 5.69 Å². The number of carboxylic acids is 1. The molecule has 3 aromatic rings. The van der Waals surface area contributed by atoms with E-state index in [0.717, 1.165) is 17.3 Å². The molecule has 0 fully saturated rings. The van der Waals surface area contributed by atoms with Crippen molar-refractivity contribution in [3.8, 4) is 0 Å². The van der Waals surface area contributed by atoms with E-state index in [1.165, 1.54) is 12.1 Å². The first-order chi connectivity index (χ1) is 13.3. The number of aryl methyl sites for hydroxylation is 1. The Labute approximate surface area is 163 Å². The van der Waals surface area contributed by atoms with E-state index in [0.29, 0.717) is 11.3 Å². The predicted molar refractivity (Wildman–Crippen MR) is 106 cm³/mol. The Morgan fingerprint density at radius 3 is 2.57 bits per heavy atom. The van der Waals surface area contributed by atoms with Crippen LogP contribution in [0.15, 0.2) is 71.8 Å². The normalized spacial score (nSPS) is 11.5. The first-order valence-corrected chi connectivity index (χ1v) is 9.87. The summed E-state index contributed by atoms with van der Waals surface area (Å²) in [6.45, 7) is 1.60. The molecule has 0 unspecified atom stereocenters. The van der Waals surface area contributed by atoms with Crippen molar-refractivity contribution in [2.45, 2.75) is 11.8 Å². The van der Waals surface area contributed by atoms with Crippen molar-refractivity contribution in [2.75, 3.05) is 4.72 Å². The fourth-order valence-electron chi connectivity index (χ4n) is 2.59. The maximum Gasteiger partial charge on any atom is 0.262 e. The Morgan fingerprint density at radius 1 is 1.04 bits per heavy atom. The average molecular weight is 393 g/mol. The molecule has 6 nitrogen and oxygen atoms in total. The largest absolute Gasteiger partial charge is 0.545 e. The lowest BCUT2D eigenvalue weighted by molar-refractivity contribution is -0.255. The van der Waals surface area contributed by atoms with Gasteiger partial charge in [0.05, 0.1) is 16.6 Å². The van der Waals surface area contributed by atoms with Gasteiger partial charge in [0.1, 0.15) is 0 Å². The standard InChI is InChI=1S/C21H18N2O4S/c1-15-8-10-17(21(24)25)14-20(15)28(26,27)23-19-7-4-5-16(13-19)9-11-18-6-2-3-12-22-18/h2-14,23H,1H3,(H,24,25)/p-1/b11-9+. The number of carbonyl (C=O) groups is 1. The topological polar surface area (TPSA) is 99.2 Å². The average Bonchev–Trinajstić information content (AvgIpc) is 2.67. The second-order valence-corrected chi connectivity index (χ2v) is 7.74. The van der Waals surface area contributed by atoms with Crippen molar-refractivity contribution < 1.29 is 18.3 Å². The summed E-state index contributed by atoms with van der Waals surface area (Å²) in [6, 6.07) is 16.2. The number of pyridine rings is 1. The van der Waals surface area contributed by atoms with E-state index < -0.39 is 16.0 Å². The minimum Gasteiger partial charge on any atom is -0.545 e. The number of nitrogens with one attached hydrogen (secondary N) is 1. The SMILES string of the molecule is Cc1ccc(C(=O)[O-])cc1S(=O)(=O)Nc1cccc(/C=C/c2ccccn2)c1. The molecule has 0 radical (unpaired) electrons. The summed E-state index contributed by atoms with van der Waals surface area (Å²) in [4.78, 5) is 15.1. The van der Waals surface area contributed by atoms with E-state index in [9.17, 15) is 18.3 Å². The molecule has 0 saturated carbocycles. The van der Waals surface area contributed by atoms with E-state index in [1.807, 2.05) is 36.4 Å². The van der Waals surface area contributed by atoms with Crippen molar-refractivity contribution in [1.82, 2.24) is 4.98 Å². The van der Waals surface area contributed by atoms with Crippen molar-refractivity contribution in [3.05, 3.63) is 89.2 Å². The van der Waals surface area contributed by atoms with Crippen LogP contribution >= 0.6 is 0 Å². The number of carbonyl (C=O) groups excluding carboxylic acids is 1. The Balaban J connectivity index is 1.86. The summed E-state index contributed by atoms with van der Waals surface area (Å²) in [6.07, 6.45) is 5.33. The van der Waals surface area contributed by atoms with Gasteiger partial charge in [0.15, 0.2) is 0 Å². The Hall–Kier alpha value is -3.45. The summed E-state index contributed by atoms with van der Waals surface area (Å²) in [5.74, 6) is -1.43. The zero-order valence-electron chi connectivity index (χ0n) is 15.0. The minimum atomic E-state index is -3.96. The summed E-state index contributed by atoms with van der Waals surface area (Å²) in [7, 11) is -3.96. The van der Waals surface area contributed by atoms with Gasteiger partial charge in [-0.15, -0.1) is 0 Å². The number of nitrogens with zero attached hydrogens (tertiary/aromatic N) is 1. The predicted octanol–water partition coefficient (Wildman–Crippen LogP) is 2.72. The molecule has 1 aromatic heterocycles. The fourth-order valence-corrected chi connectivity index (χ4v) is 3.91. The lowest BCUT2D eigenvalue weighted by Gasteiger charge is -2.13. The maximum absolute atomic E-state index is 12.7. The van der Waals surface area contributed by atoms with Gasteiger partial charge in [-0.2, -0.15) is 0 Å². The molecule has 0 spiro atoms. The third-order valence-corrected chi connectivity index (χ3v) is 5.51. The Kier molecular flexibility index (Phi) is 5.56. The van der Waals surface area contributed by atoms with Crippen LogP contribution in [-0.2, 0) is 10.0 Å². The highest BCUT2D eigenvalue weighted by Crippen LogP contribution is 2.22. The number of sulfonamides is 1. The van der Waals surface area contributed by atoms with Gasteiger partial charge < -0.3 is 9.90 Å². The Morgan fingerprint density at radius 2 is 1.86 bits per heavy atom. The second kappa shape index (κ2) is 8.06. The molecule has 142 valence electrons. The molecule has 0 bridgehead atoms. The second-order valence-electron chi connectivity index (χ2n) is 6.09. The van der Waals surface area contributed by atoms with Gasteiger partial charge in [0.25, 0.3) is 10.0 Å². The van der Waals surface area contributed by atoms with Crippen LogP contribution < -0.4 is 9.83 Å². The van der Waals surface area contributed by atoms with E-state index >= 15 is 0 Å². The molecule has 0 amide bonds. The number of rotatable bonds is 6. The molecule has 0 atom stereocenters. The number of hydrogen-bond donors (Lipinski definition) is 1. The van der Waals surface area contributed by atoms with E-state index in [4.69, 9.17) is 0 Å². The zero-order chi connectivity index (χ0) is 20.1. The van der Waals surface area contributed by atoms with Crippen LogP contribution in [-0.4, -0.2) is 19.4 Å². The first-order valence-electron chi connectivity index (χ1n) is 8.39. The number of hydrogen-bond acceptors (Lipinski definition) is 5. The molecule has 2 aromatic carbocycles. The fraction of sp³-hybridized carbons (Fsp3) is 0.0476. The number of carboxylic acid groups (broad SMARTS) is 1.